The van der Waals surface area contributed by atoms with E-state index in [-0.39, 0.29) is 11.5 Å². The van der Waals surface area contributed by atoms with Crippen molar-refractivity contribution in [1.29, 1.82) is 0 Å². The first-order valence-electron chi connectivity index (χ1n) is 9.30. The van der Waals surface area contributed by atoms with Crippen LogP contribution in [0.3, 0.4) is 0 Å². The highest BCUT2D eigenvalue weighted by Crippen LogP contribution is 2.32. The normalized spacial score (nSPS) is 16.2. The number of carboxylic acid groups (broad SMARTS) is 1. The number of carbonyl (C=O) groups excluding carboxylic acids is 1. The minimum Gasteiger partial charge on any atom is -0.478 e. The highest BCUT2D eigenvalue weighted by Gasteiger charge is 2.24. The summed E-state index contributed by atoms with van der Waals surface area (Å²) in [5.74, 6) is -0.273. The van der Waals surface area contributed by atoms with Crippen molar-refractivity contribution in [3.05, 3.63) is 80.9 Å². The molecule has 8 heteroatoms. The molecule has 4 rings (SSSR count). The number of nitrogens with zero attached hydrogens (tertiary/aromatic N) is 1. The van der Waals surface area contributed by atoms with Crippen LogP contribution in [0.15, 0.2) is 62.8 Å². The molecule has 1 fully saturated rings. The zero-order valence-corrected chi connectivity index (χ0v) is 18.2. The van der Waals surface area contributed by atoms with Gasteiger partial charge in [-0.25, -0.2) is 9.79 Å². The first kappa shape index (κ1) is 21.0. The number of carbonyl (C=O) groups is 2. The third kappa shape index (κ3) is 4.42. The van der Waals surface area contributed by atoms with E-state index in [9.17, 15) is 14.7 Å². The maximum atomic E-state index is 12.4. The van der Waals surface area contributed by atoms with E-state index in [1.165, 1.54) is 11.8 Å². The van der Waals surface area contributed by atoms with Crippen LogP contribution in [0.1, 0.15) is 27.2 Å². The Bertz CT molecular complexity index is 1280. The Kier molecular flexibility index (Phi) is 5.71. The van der Waals surface area contributed by atoms with Gasteiger partial charge in [-0.15, -0.1) is 0 Å². The van der Waals surface area contributed by atoms with Gasteiger partial charge in [0.1, 0.15) is 11.5 Å². The first-order chi connectivity index (χ1) is 14.8. The summed E-state index contributed by atoms with van der Waals surface area (Å²) in [5.41, 5.74) is 3.06. The van der Waals surface area contributed by atoms with Crippen molar-refractivity contribution in [2.45, 2.75) is 13.8 Å². The fraction of sp³-hybridized carbons (Fsp3) is 0.0870. The molecule has 31 heavy (non-hydrogen) atoms. The molecular weight excluding hydrogens is 436 g/mol. The second kappa shape index (κ2) is 8.45. The van der Waals surface area contributed by atoms with Gasteiger partial charge in [0.25, 0.3) is 5.91 Å². The molecule has 2 N–H and O–H groups in total. The van der Waals surface area contributed by atoms with E-state index in [0.29, 0.717) is 43.4 Å². The van der Waals surface area contributed by atoms with E-state index in [1.807, 2.05) is 13.0 Å². The van der Waals surface area contributed by atoms with Gasteiger partial charge in [0.15, 0.2) is 5.17 Å². The van der Waals surface area contributed by atoms with Gasteiger partial charge in [0.05, 0.1) is 16.2 Å². The van der Waals surface area contributed by atoms with Crippen molar-refractivity contribution in [3.63, 3.8) is 0 Å². The molecule has 1 saturated heterocycles. The summed E-state index contributed by atoms with van der Waals surface area (Å²) in [6.45, 7) is 3.61. The number of aromatic carboxylic acids is 1. The molecular formula is C23H17ClN2O4S. The maximum Gasteiger partial charge on any atom is 0.335 e. The summed E-state index contributed by atoms with van der Waals surface area (Å²) in [6.07, 6.45) is 1.63. The standard InChI is InChI=1S/C23H17ClN2O4S/c1-12-6-7-14(10-16(12)22(28)29)19-9-8-15(30-19)11-20-21(27)26-23(31-20)25-18-5-3-4-17(24)13(18)2/h3-11H,1-2H3,(H,28,29)(H,25,26,27)/b20-11-. The number of thioether (sulfide) groups is 1. The Labute approximate surface area is 187 Å². The number of hydrogen-bond donors (Lipinski definition) is 2. The molecule has 1 amide bonds. The summed E-state index contributed by atoms with van der Waals surface area (Å²) in [6, 6.07) is 14.0. The molecule has 1 aliphatic rings. The minimum atomic E-state index is -0.992. The molecule has 0 bridgehead atoms. The molecule has 0 atom stereocenters. The van der Waals surface area contributed by atoms with Crippen LogP contribution in [0.4, 0.5) is 5.69 Å². The molecule has 0 radical (unpaired) electrons. The van der Waals surface area contributed by atoms with Crippen LogP contribution in [0.2, 0.25) is 5.02 Å². The predicted octanol–water partition coefficient (Wildman–Crippen LogP) is 5.81. The lowest BCUT2D eigenvalue weighted by Gasteiger charge is -2.03. The van der Waals surface area contributed by atoms with Crippen molar-refractivity contribution >= 4 is 52.2 Å². The third-order valence-corrected chi connectivity index (χ3v) is 6.08. The Morgan fingerprint density at radius 3 is 2.77 bits per heavy atom. The first-order valence-corrected chi connectivity index (χ1v) is 10.5. The largest absolute Gasteiger partial charge is 0.478 e. The molecule has 156 valence electrons. The van der Waals surface area contributed by atoms with E-state index in [0.717, 1.165) is 5.56 Å². The number of amidine groups is 1. The lowest BCUT2D eigenvalue weighted by Crippen LogP contribution is -2.19. The minimum absolute atomic E-state index is 0.219. The van der Waals surface area contributed by atoms with Gasteiger partial charge in [0, 0.05) is 16.7 Å². The Morgan fingerprint density at radius 1 is 1.19 bits per heavy atom. The van der Waals surface area contributed by atoms with Crippen LogP contribution in [0.5, 0.6) is 0 Å². The second-order valence-electron chi connectivity index (χ2n) is 6.90. The Hall–Kier alpha value is -3.29. The SMILES string of the molecule is Cc1ccc(-c2ccc(/C=C3\SC(=Nc4cccc(Cl)c4C)NC3=O)o2)cc1C(=O)O. The van der Waals surface area contributed by atoms with E-state index in [2.05, 4.69) is 10.3 Å². The zero-order chi connectivity index (χ0) is 22.1. The van der Waals surface area contributed by atoms with Crippen molar-refractivity contribution in [2.75, 3.05) is 0 Å². The van der Waals surface area contributed by atoms with Crippen LogP contribution in [0, 0.1) is 13.8 Å². The number of benzene rings is 2. The average molecular weight is 453 g/mol. The zero-order valence-electron chi connectivity index (χ0n) is 16.6. The third-order valence-electron chi connectivity index (χ3n) is 4.76. The maximum absolute atomic E-state index is 12.4. The van der Waals surface area contributed by atoms with E-state index >= 15 is 0 Å². The van der Waals surface area contributed by atoms with Gasteiger partial charge in [0.2, 0.25) is 0 Å². The van der Waals surface area contributed by atoms with Crippen molar-refractivity contribution in [1.82, 2.24) is 5.32 Å². The van der Waals surface area contributed by atoms with Crippen LogP contribution in [-0.4, -0.2) is 22.2 Å². The van der Waals surface area contributed by atoms with Crippen LogP contribution < -0.4 is 5.32 Å². The van der Waals surface area contributed by atoms with Crippen LogP contribution >= 0.6 is 23.4 Å². The highest BCUT2D eigenvalue weighted by atomic mass is 35.5. The average Bonchev–Trinajstić information content (AvgIpc) is 3.32. The number of rotatable bonds is 4. The molecule has 2 aromatic carbocycles. The number of nitrogens with one attached hydrogen (secondary N) is 1. The summed E-state index contributed by atoms with van der Waals surface area (Å²) < 4.78 is 5.82. The number of furan rings is 1. The Balaban J connectivity index is 1.58. The van der Waals surface area contributed by atoms with Gasteiger partial charge in [-0.05, 0) is 67.1 Å². The van der Waals surface area contributed by atoms with E-state index < -0.39 is 5.97 Å². The van der Waals surface area contributed by atoms with Crippen molar-refractivity contribution in [2.24, 2.45) is 4.99 Å². The van der Waals surface area contributed by atoms with E-state index in [1.54, 1.807) is 55.5 Å². The fourth-order valence-electron chi connectivity index (χ4n) is 3.03. The topological polar surface area (TPSA) is 91.9 Å². The van der Waals surface area contributed by atoms with Crippen LogP contribution in [0.25, 0.3) is 17.4 Å². The molecule has 3 aromatic rings. The number of aliphatic imine (C=N–C) groups is 1. The summed E-state index contributed by atoms with van der Waals surface area (Å²) in [7, 11) is 0. The smallest absolute Gasteiger partial charge is 0.335 e. The molecule has 1 aromatic heterocycles. The van der Waals surface area contributed by atoms with Gasteiger partial charge in [-0.3, -0.25) is 4.79 Å². The molecule has 1 aliphatic heterocycles. The number of aryl methyl sites for hydroxylation is 1. The lowest BCUT2D eigenvalue weighted by molar-refractivity contribution is -0.115. The second-order valence-corrected chi connectivity index (χ2v) is 8.34. The quantitative estimate of drug-likeness (QED) is 0.487. The molecule has 0 saturated carbocycles. The lowest BCUT2D eigenvalue weighted by atomic mass is 10.0. The number of hydrogen-bond acceptors (Lipinski definition) is 5. The van der Waals surface area contributed by atoms with Crippen molar-refractivity contribution in [3.8, 4) is 11.3 Å². The summed E-state index contributed by atoms with van der Waals surface area (Å²) in [4.78, 5) is 28.6. The summed E-state index contributed by atoms with van der Waals surface area (Å²) in [5, 5.41) is 13.1. The van der Waals surface area contributed by atoms with Crippen LogP contribution in [-0.2, 0) is 4.79 Å². The Morgan fingerprint density at radius 2 is 2.00 bits per heavy atom. The monoisotopic (exact) mass is 452 g/mol. The molecule has 6 nitrogen and oxygen atoms in total. The fourth-order valence-corrected chi connectivity index (χ4v) is 4.01. The molecule has 0 aliphatic carbocycles. The van der Waals surface area contributed by atoms with E-state index in [4.69, 9.17) is 16.0 Å². The molecule has 2 heterocycles. The van der Waals surface area contributed by atoms with Gasteiger partial charge in [-0.1, -0.05) is 29.8 Å². The van der Waals surface area contributed by atoms with Gasteiger partial charge >= 0.3 is 5.97 Å². The number of amides is 1. The van der Waals surface area contributed by atoms with Gasteiger partial charge in [-0.2, -0.15) is 0 Å². The van der Waals surface area contributed by atoms with Gasteiger partial charge < -0.3 is 14.8 Å². The molecule has 0 unspecified atom stereocenters. The molecule has 0 spiro atoms. The number of carboxylic acids is 1. The predicted molar refractivity (Wildman–Crippen MR) is 123 cm³/mol. The summed E-state index contributed by atoms with van der Waals surface area (Å²) >= 11 is 7.34. The number of halogens is 1. The van der Waals surface area contributed by atoms with Crippen molar-refractivity contribution < 1.29 is 19.1 Å². The highest BCUT2D eigenvalue weighted by molar-refractivity contribution is 8.18.